The first-order chi connectivity index (χ1) is 8.65. The van der Waals surface area contributed by atoms with Crippen LogP contribution in [0.5, 0.6) is 5.75 Å². The van der Waals surface area contributed by atoms with E-state index in [0.717, 1.165) is 15.6 Å². The largest absolute Gasteiger partial charge is 0.508 e. The lowest BCUT2D eigenvalue weighted by atomic mass is 10.2. The van der Waals surface area contributed by atoms with Crippen molar-refractivity contribution in [2.45, 2.75) is 6.42 Å². The van der Waals surface area contributed by atoms with Gasteiger partial charge < -0.3 is 10.4 Å². The van der Waals surface area contributed by atoms with Crippen molar-refractivity contribution in [3.8, 4) is 5.75 Å². The van der Waals surface area contributed by atoms with Crippen molar-refractivity contribution < 1.29 is 9.90 Å². The number of benzene rings is 1. The first kappa shape index (κ1) is 12.9. The van der Waals surface area contributed by atoms with Gasteiger partial charge in [0.2, 0.25) is 0 Å². The third-order valence-corrected chi connectivity index (χ3v) is 3.71. The number of nitrogens with one attached hydrogen (secondary N) is 1. The maximum absolute atomic E-state index is 11.7. The standard InChI is InChI=1S/C13H12ClNO2S/c14-12-6-5-11(18-12)7-8-15-13(17)9-1-3-10(16)4-2-9/h1-6,16H,7-8H2,(H,15,17). The Kier molecular flexibility index (Phi) is 4.23. The Balaban J connectivity index is 1.83. The molecule has 0 fully saturated rings. The number of rotatable bonds is 4. The van der Waals surface area contributed by atoms with E-state index in [1.807, 2.05) is 12.1 Å². The van der Waals surface area contributed by atoms with E-state index in [0.29, 0.717) is 12.1 Å². The van der Waals surface area contributed by atoms with Crippen LogP contribution in [0.2, 0.25) is 4.34 Å². The van der Waals surface area contributed by atoms with E-state index in [-0.39, 0.29) is 11.7 Å². The molecule has 0 bridgehead atoms. The summed E-state index contributed by atoms with van der Waals surface area (Å²) in [7, 11) is 0. The van der Waals surface area contributed by atoms with Crippen LogP contribution in [0.3, 0.4) is 0 Å². The van der Waals surface area contributed by atoms with Gasteiger partial charge in [-0.25, -0.2) is 0 Å². The molecule has 0 radical (unpaired) electrons. The van der Waals surface area contributed by atoms with Crippen molar-refractivity contribution in [3.05, 3.63) is 51.2 Å². The number of phenolic OH excluding ortho intramolecular Hbond substituents is 1. The highest BCUT2D eigenvalue weighted by atomic mass is 35.5. The fourth-order valence-corrected chi connectivity index (χ4v) is 2.59. The van der Waals surface area contributed by atoms with Crippen molar-refractivity contribution in [2.24, 2.45) is 0 Å². The molecule has 0 saturated heterocycles. The van der Waals surface area contributed by atoms with Gasteiger partial charge in [-0.05, 0) is 42.8 Å². The summed E-state index contributed by atoms with van der Waals surface area (Å²) in [5, 5.41) is 11.9. The Hall–Kier alpha value is -1.52. The van der Waals surface area contributed by atoms with E-state index in [1.165, 1.54) is 23.5 Å². The summed E-state index contributed by atoms with van der Waals surface area (Å²) in [5.74, 6) is 0.0115. The highest BCUT2D eigenvalue weighted by Crippen LogP contribution is 2.21. The fourth-order valence-electron chi connectivity index (χ4n) is 1.50. The van der Waals surface area contributed by atoms with E-state index < -0.39 is 0 Å². The summed E-state index contributed by atoms with van der Waals surface area (Å²) in [5.41, 5.74) is 0.539. The van der Waals surface area contributed by atoms with Gasteiger partial charge in [0.1, 0.15) is 5.75 Å². The summed E-state index contributed by atoms with van der Waals surface area (Å²) in [6.07, 6.45) is 0.765. The van der Waals surface area contributed by atoms with Gasteiger partial charge in [-0.3, -0.25) is 4.79 Å². The minimum Gasteiger partial charge on any atom is -0.508 e. The molecule has 0 aliphatic rings. The van der Waals surface area contributed by atoms with Crippen molar-refractivity contribution in [1.29, 1.82) is 0 Å². The molecule has 3 nitrogen and oxygen atoms in total. The second-order valence-corrected chi connectivity index (χ2v) is 5.56. The predicted octanol–water partition coefficient (Wildman–Crippen LogP) is 3.08. The Morgan fingerprint density at radius 3 is 2.56 bits per heavy atom. The molecule has 1 heterocycles. The topological polar surface area (TPSA) is 49.3 Å². The summed E-state index contributed by atoms with van der Waals surface area (Å²) in [4.78, 5) is 12.9. The van der Waals surface area contributed by atoms with Gasteiger partial charge in [0.25, 0.3) is 5.91 Å². The molecule has 2 N–H and O–H groups in total. The summed E-state index contributed by atoms with van der Waals surface area (Å²) >= 11 is 7.34. The van der Waals surface area contributed by atoms with Crippen molar-refractivity contribution in [1.82, 2.24) is 5.32 Å². The molecule has 1 aromatic carbocycles. The minimum absolute atomic E-state index is 0.141. The van der Waals surface area contributed by atoms with Gasteiger partial charge in [0.15, 0.2) is 0 Å². The lowest BCUT2D eigenvalue weighted by Gasteiger charge is -2.04. The van der Waals surface area contributed by atoms with Crippen LogP contribution in [0.25, 0.3) is 0 Å². The molecule has 2 rings (SSSR count). The van der Waals surface area contributed by atoms with E-state index in [9.17, 15) is 4.79 Å². The quantitative estimate of drug-likeness (QED) is 0.905. The van der Waals surface area contributed by atoms with Crippen molar-refractivity contribution in [3.63, 3.8) is 0 Å². The van der Waals surface area contributed by atoms with E-state index in [4.69, 9.17) is 16.7 Å². The number of carbonyl (C=O) groups excluding carboxylic acids is 1. The number of aromatic hydroxyl groups is 1. The Morgan fingerprint density at radius 1 is 1.22 bits per heavy atom. The molecule has 0 saturated carbocycles. The first-order valence-electron chi connectivity index (χ1n) is 5.46. The van der Waals surface area contributed by atoms with E-state index in [1.54, 1.807) is 12.1 Å². The van der Waals surface area contributed by atoms with Crippen LogP contribution in [-0.2, 0) is 6.42 Å². The lowest BCUT2D eigenvalue weighted by Crippen LogP contribution is -2.25. The molecular formula is C13H12ClNO2S. The van der Waals surface area contributed by atoms with Crippen molar-refractivity contribution in [2.75, 3.05) is 6.54 Å². The molecule has 2 aromatic rings. The summed E-state index contributed by atoms with van der Waals surface area (Å²) in [6.45, 7) is 0.566. The van der Waals surface area contributed by atoms with E-state index >= 15 is 0 Å². The SMILES string of the molecule is O=C(NCCc1ccc(Cl)s1)c1ccc(O)cc1. The number of hydrogen-bond donors (Lipinski definition) is 2. The molecule has 94 valence electrons. The lowest BCUT2D eigenvalue weighted by molar-refractivity contribution is 0.0954. The molecule has 0 atom stereocenters. The molecule has 1 amide bonds. The second-order valence-electron chi connectivity index (χ2n) is 3.76. The zero-order valence-corrected chi connectivity index (χ0v) is 11.1. The van der Waals surface area contributed by atoms with Gasteiger partial charge in [0, 0.05) is 17.0 Å². The molecule has 5 heteroatoms. The summed E-state index contributed by atoms with van der Waals surface area (Å²) in [6, 6.07) is 9.98. The molecule has 1 aromatic heterocycles. The van der Waals surface area contributed by atoms with Gasteiger partial charge >= 0.3 is 0 Å². The third kappa shape index (κ3) is 3.48. The molecule has 0 unspecified atom stereocenters. The Labute approximate surface area is 114 Å². The Morgan fingerprint density at radius 2 is 1.94 bits per heavy atom. The average molecular weight is 282 g/mol. The number of halogens is 1. The highest BCUT2D eigenvalue weighted by molar-refractivity contribution is 7.16. The summed E-state index contributed by atoms with van der Waals surface area (Å²) < 4.78 is 0.759. The average Bonchev–Trinajstić information content (AvgIpc) is 2.76. The van der Waals surface area contributed by atoms with Crippen LogP contribution in [0.4, 0.5) is 0 Å². The number of thiophene rings is 1. The van der Waals surface area contributed by atoms with Gasteiger partial charge in [-0.1, -0.05) is 11.6 Å². The Bertz CT molecular complexity index is 536. The van der Waals surface area contributed by atoms with E-state index in [2.05, 4.69) is 5.32 Å². The van der Waals surface area contributed by atoms with Gasteiger partial charge in [-0.15, -0.1) is 11.3 Å². The molecule has 0 spiro atoms. The molecule has 18 heavy (non-hydrogen) atoms. The second kappa shape index (κ2) is 5.89. The number of carbonyl (C=O) groups is 1. The van der Waals surface area contributed by atoms with Crippen LogP contribution < -0.4 is 5.32 Å². The number of amides is 1. The maximum Gasteiger partial charge on any atom is 0.251 e. The fraction of sp³-hybridized carbons (Fsp3) is 0.154. The number of phenols is 1. The maximum atomic E-state index is 11.7. The van der Waals surface area contributed by atoms with Gasteiger partial charge in [-0.2, -0.15) is 0 Å². The van der Waals surface area contributed by atoms with Crippen LogP contribution >= 0.6 is 22.9 Å². The number of hydrogen-bond acceptors (Lipinski definition) is 3. The normalized spacial score (nSPS) is 10.3. The van der Waals surface area contributed by atoms with Gasteiger partial charge in [0.05, 0.1) is 4.34 Å². The smallest absolute Gasteiger partial charge is 0.251 e. The molecule has 0 aliphatic heterocycles. The van der Waals surface area contributed by atoms with Crippen LogP contribution in [0, 0.1) is 0 Å². The third-order valence-electron chi connectivity index (χ3n) is 2.42. The predicted molar refractivity (Wildman–Crippen MR) is 73.5 cm³/mol. The zero-order chi connectivity index (χ0) is 13.0. The molecule has 0 aliphatic carbocycles. The monoisotopic (exact) mass is 281 g/mol. The van der Waals surface area contributed by atoms with Crippen LogP contribution in [-0.4, -0.2) is 17.6 Å². The highest BCUT2D eigenvalue weighted by Gasteiger charge is 2.05. The van der Waals surface area contributed by atoms with Crippen LogP contribution in [0.1, 0.15) is 15.2 Å². The van der Waals surface area contributed by atoms with Crippen molar-refractivity contribution >= 4 is 28.8 Å². The molecular weight excluding hydrogens is 270 g/mol. The minimum atomic E-state index is -0.141. The first-order valence-corrected chi connectivity index (χ1v) is 6.66. The van der Waals surface area contributed by atoms with Crippen LogP contribution in [0.15, 0.2) is 36.4 Å². The zero-order valence-electron chi connectivity index (χ0n) is 9.52.